The first-order valence-corrected chi connectivity index (χ1v) is 11.2. The first-order valence-electron chi connectivity index (χ1n) is 11.2. The van der Waals surface area contributed by atoms with Crippen LogP contribution in [0, 0.1) is 5.92 Å². The number of hydrogen-bond acceptors (Lipinski definition) is 4. The lowest BCUT2D eigenvalue weighted by molar-refractivity contribution is -0.121. The number of ether oxygens (including phenoxy) is 1. The molecule has 0 aliphatic carbocycles. The third kappa shape index (κ3) is 6.97. The summed E-state index contributed by atoms with van der Waals surface area (Å²) in [7, 11) is 5.31. The molecule has 7 nitrogen and oxygen atoms in total. The zero-order valence-electron chi connectivity index (χ0n) is 19.1. The number of aliphatic imine (C=N–C) groups is 1. The zero-order chi connectivity index (χ0) is 21.3. The van der Waals surface area contributed by atoms with Crippen molar-refractivity contribution in [2.45, 2.75) is 38.1 Å². The molecule has 2 fully saturated rings. The predicted molar refractivity (Wildman–Crippen MR) is 136 cm³/mol. The molecule has 174 valence electrons. The van der Waals surface area contributed by atoms with Crippen LogP contribution in [0.25, 0.3) is 0 Å². The number of benzene rings is 1. The van der Waals surface area contributed by atoms with Crippen LogP contribution in [-0.4, -0.2) is 75.6 Å². The van der Waals surface area contributed by atoms with E-state index in [4.69, 9.17) is 4.74 Å². The Morgan fingerprint density at radius 2 is 1.87 bits per heavy atom. The smallest absolute Gasteiger partial charge is 0.220 e. The molecule has 3 rings (SSSR count). The molecule has 2 aliphatic rings. The van der Waals surface area contributed by atoms with Crippen LogP contribution in [0.1, 0.15) is 43.7 Å². The highest BCUT2D eigenvalue weighted by Crippen LogP contribution is 2.31. The van der Waals surface area contributed by atoms with Gasteiger partial charge in [0.25, 0.3) is 0 Å². The van der Waals surface area contributed by atoms with Crippen LogP contribution in [0.3, 0.4) is 0 Å². The lowest BCUT2D eigenvalue weighted by atomic mass is 9.93. The number of likely N-dealkylation sites (tertiary alicyclic amines) is 2. The Morgan fingerprint density at radius 3 is 2.48 bits per heavy atom. The molecule has 0 saturated carbocycles. The van der Waals surface area contributed by atoms with Crippen molar-refractivity contribution in [2.24, 2.45) is 10.9 Å². The van der Waals surface area contributed by atoms with Gasteiger partial charge in [-0.05, 0) is 50.8 Å². The van der Waals surface area contributed by atoms with Crippen molar-refractivity contribution in [2.75, 3.05) is 53.9 Å². The Kier molecular flexibility index (Phi) is 10.9. The van der Waals surface area contributed by atoms with Gasteiger partial charge in [0.05, 0.1) is 13.2 Å². The number of halogens is 1. The highest BCUT2D eigenvalue weighted by molar-refractivity contribution is 14.0. The second-order valence-electron chi connectivity index (χ2n) is 8.24. The topological polar surface area (TPSA) is 69.2 Å². The van der Waals surface area contributed by atoms with E-state index in [0.29, 0.717) is 12.3 Å². The second-order valence-corrected chi connectivity index (χ2v) is 8.24. The number of rotatable bonds is 7. The Labute approximate surface area is 204 Å². The highest BCUT2D eigenvalue weighted by Gasteiger charge is 2.28. The van der Waals surface area contributed by atoms with Gasteiger partial charge in [0, 0.05) is 45.7 Å². The number of nitrogens with zero attached hydrogens (tertiary/aromatic N) is 3. The van der Waals surface area contributed by atoms with Gasteiger partial charge in [0.15, 0.2) is 5.96 Å². The van der Waals surface area contributed by atoms with Gasteiger partial charge in [-0.25, -0.2) is 0 Å². The summed E-state index contributed by atoms with van der Waals surface area (Å²) in [6.07, 6.45) is 5.17. The van der Waals surface area contributed by atoms with Crippen LogP contribution in [0.4, 0.5) is 0 Å². The normalized spacial score (nSPS) is 18.9. The van der Waals surface area contributed by atoms with E-state index in [0.717, 1.165) is 57.3 Å². The maximum absolute atomic E-state index is 11.7. The maximum atomic E-state index is 11.7. The molecule has 1 aromatic rings. The van der Waals surface area contributed by atoms with E-state index in [-0.39, 0.29) is 35.9 Å². The summed E-state index contributed by atoms with van der Waals surface area (Å²) in [5.74, 6) is 2.50. The van der Waals surface area contributed by atoms with Gasteiger partial charge in [-0.1, -0.05) is 18.2 Å². The molecule has 0 bridgehead atoms. The number of nitrogens with one attached hydrogen (secondary N) is 2. The van der Waals surface area contributed by atoms with Crippen molar-refractivity contribution in [3.8, 4) is 5.75 Å². The maximum Gasteiger partial charge on any atom is 0.220 e. The number of piperidine rings is 1. The predicted octanol–water partition coefficient (Wildman–Crippen LogP) is 2.87. The number of carbonyl (C=O) groups excluding carboxylic acids is 1. The second kappa shape index (κ2) is 13.1. The van der Waals surface area contributed by atoms with E-state index < -0.39 is 0 Å². The van der Waals surface area contributed by atoms with Crippen LogP contribution >= 0.6 is 24.0 Å². The standard InChI is InChI=1S/C23H37N5O2.HI/c1-24-22(29)16-18-10-14-28(15-11-18)23(25-2)26-17-20(27-12-6-7-13-27)19-8-4-5-9-21(19)30-3;/h4-5,8-9,18,20H,6-7,10-17H2,1-3H3,(H,24,29)(H,25,26);1H. The number of carbonyl (C=O) groups is 1. The molecule has 1 unspecified atom stereocenters. The first kappa shape index (κ1) is 25.7. The van der Waals surface area contributed by atoms with Crippen LogP contribution < -0.4 is 15.4 Å². The average molecular weight is 543 g/mol. The molecule has 0 spiro atoms. The lowest BCUT2D eigenvalue weighted by Gasteiger charge is -2.35. The molecule has 1 amide bonds. The fourth-order valence-electron chi connectivity index (χ4n) is 4.66. The van der Waals surface area contributed by atoms with E-state index in [9.17, 15) is 4.79 Å². The number of guanidine groups is 1. The van der Waals surface area contributed by atoms with Crippen molar-refractivity contribution in [1.29, 1.82) is 0 Å². The third-order valence-electron chi connectivity index (χ3n) is 6.41. The van der Waals surface area contributed by atoms with E-state index in [1.54, 1.807) is 14.2 Å². The summed E-state index contributed by atoms with van der Waals surface area (Å²) in [6, 6.07) is 8.60. The summed E-state index contributed by atoms with van der Waals surface area (Å²) in [5, 5.41) is 6.37. The van der Waals surface area contributed by atoms with Crippen molar-refractivity contribution in [1.82, 2.24) is 20.4 Å². The number of hydrogen-bond donors (Lipinski definition) is 2. The van der Waals surface area contributed by atoms with Crippen molar-refractivity contribution >= 4 is 35.8 Å². The Bertz CT molecular complexity index is 716. The van der Waals surface area contributed by atoms with E-state index in [2.05, 4.69) is 37.6 Å². The summed E-state index contributed by atoms with van der Waals surface area (Å²) in [5.41, 5.74) is 1.23. The molecule has 8 heteroatoms. The van der Waals surface area contributed by atoms with E-state index in [1.165, 1.54) is 18.4 Å². The third-order valence-corrected chi connectivity index (χ3v) is 6.41. The summed E-state index contributed by atoms with van der Waals surface area (Å²) in [4.78, 5) is 21.1. The van der Waals surface area contributed by atoms with Crippen LogP contribution in [0.2, 0.25) is 0 Å². The highest BCUT2D eigenvalue weighted by atomic mass is 127. The summed E-state index contributed by atoms with van der Waals surface area (Å²) in [6.45, 7) is 4.90. The van der Waals surface area contributed by atoms with Crippen LogP contribution in [-0.2, 0) is 4.79 Å². The number of para-hydroxylation sites is 1. The molecule has 1 atom stereocenters. The van der Waals surface area contributed by atoms with Crippen molar-refractivity contribution < 1.29 is 9.53 Å². The minimum atomic E-state index is 0. The Morgan fingerprint density at radius 1 is 1.19 bits per heavy atom. The summed E-state index contributed by atoms with van der Waals surface area (Å²) >= 11 is 0. The average Bonchev–Trinajstić information content (AvgIpc) is 3.32. The van der Waals surface area contributed by atoms with Crippen LogP contribution in [0.5, 0.6) is 5.75 Å². The lowest BCUT2D eigenvalue weighted by Crippen LogP contribution is -2.48. The molecule has 2 N–H and O–H groups in total. The van der Waals surface area contributed by atoms with E-state index >= 15 is 0 Å². The number of amides is 1. The molecular weight excluding hydrogens is 505 g/mol. The Balaban J connectivity index is 0.00000341. The van der Waals surface area contributed by atoms with Gasteiger partial charge in [-0.3, -0.25) is 14.7 Å². The Hall–Kier alpha value is -1.55. The molecule has 0 aromatic heterocycles. The van der Waals surface area contributed by atoms with Crippen molar-refractivity contribution in [3.05, 3.63) is 29.8 Å². The van der Waals surface area contributed by atoms with Crippen molar-refractivity contribution in [3.63, 3.8) is 0 Å². The molecule has 2 aliphatic heterocycles. The summed E-state index contributed by atoms with van der Waals surface area (Å²) < 4.78 is 5.66. The quantitative estimate of drug-likeness (QED) is 0.315. The van der Waals surface area contributed by atoms with E-state index in [1.807, 2.05) is 19.2 Å². The molecular formula is C23H38IN5O2. The van der Waals surface area contributed by atoms with Gasteiger partial charge < -0.3 is 20.3 Å². The van der Waals surface area contributed by atoms with Gasteiger partial charge in [0.1, 0.15) is 5.75 Å². The minimum Gasteiger partial charge on any atom is -0.496 e. The van der Waals surface area contributed by atoms with Gasteiger partial charge in [-0.2, -0.15) is 0 Å². The van der Waals surface area contributed by atoms with Gasteiger partial charge >= 0.3 is 0 Å². The van der Waals surface area contributed by atoms with Gasteiger partial charge in [-0.15, -0.1) is 24.0 Å². The molecule has 31 heavy (non-hydrogen) atoms. The molecule has 2 heterocycles. The molecule has 0 radical (unpaired) electrons. The SMILES string of the molecule is CN=C(NCC(c1ccccc1OC)N1CCCC1)N1CCC(CC(=O)NC)CC1.I. The molecule has 2 saturated heterocycles. The fourth-order valence-corrected chi connectivity index (χ4v) is 4.66. The minimum absolute atomic E-state index is 0. The first-order chi connectivity index (χ1) is 14.7. The van der Waals surface area contributed by atoms with Crippen LogP contribution in [0.15, 0.2) is 29.3 Å². The fraction of sp³-hybridized carbons (Fsp3) is 0.652. The number of methoxy groups -OCH3 is 1. The zero-order valence-corrected chi connectivity index (χ0v) is 21.4. The largest absolute Gasteiger partial charge is 0.496 e. The van der Waals surface area contributed by atoms with Gasteiger partial charge in [0.2, 0.25) is 5.91 Å². The molecule has 1 aromatic carbocycles. The monoisotopic (exact) mass is 543 g/mol.